The third-order valence-corrected chi connectivity index (χ3v) is 6.32. The third kappa shape index (κ3) is 7.96. The first-order chi connectivity index (χ1) is 14.2. The molecule has 1 aliphatic carbocycles. The number of hydrogen-bond acceptors (Lipinski definition) is 4. The number of aromatic nitrogens is 1. The molecule has 6 nitrogen and oxygen atoms in total. The van der Waals surface area contributed by atoms with Crippen LogP contribution in [0, 0.1) is 12.3 Å². The largest absolute Gasteiger partial charge is 0.379 e. The van der Waals surface area contributed by atoms with Gasteiger partial charge in [-0.3, -0.25) is 14.9 Å². The lowest BCUT2D eigenvalue weighted by atomic mass is 9.73. The maximum absolute atomic E-state index is 5.55. The molecule has 1 aromatic heterocycles. The molecule has 2 fully saturated rings. The van der Waals surface area contributed by atoms with Crippen LogP contribution in [0.4, 0.5) is 0 Å². The molecule has 0 atom stereocenters. The average Bonchev–Trinajstić information content (AvgIpc) is 2.75. The molecule has 170 valence electrons. The summed E-state index contributed by atoms with van der Waals surface area (Å²) in [5.74, 6) is 0.950. The number of pyridine rings is 1. The SMILES string of the molecule is CCNC(=NCC1(CN2CCOCC2)CCCCC1)NCCc1ccncc1C.I. The Bertz CT molecular complexity index is 642. The molecular weight excluding hydrogens is 489 g/mol. The smallest absolute Gasteiger partial charge is 0.191 e. The van der Waals surface area contributed by atoms with E-state index in [4.69, 9.17) is 9.73 Å². The number of nitrogens with one attached hydrogen (secondary N) is 2. The Hall–Kier alpha value is -0.930. The Balaban J connectivity index is 0.00000320. The van der Waals surface area contributed by atoms with E-state index in [1.807, 2.05) is 12.4 Å². The number of nitrogens with zero attached hydrogens (tertiary/aromatic N) is 3. The van der Waals surface area contributed by atoms with E-state index in [9.17, 15) is 0 Å². The summed E-state index contributed by atoms with van der Waals surface area (Å²) in [6, 6.07) is 2.11. The number of aryl methyl sites for hydroxylation is 1. The molecule has 2 aliphatic rings. The molecule has 1 aliphatic heterocycles. The predicted octanol–water partition coefficient (Wildman–Crippen LogP) is 3.39. The predicted molar refractivity (Wildman–Crippen MR) is 135 cm³/mol. The lowest BCUT2D eigenvalue weighted by Crippen LogP contribution is -2.46. The van der Waals surface area contributed by atoms with Crippen LogP contribution in [-0.2, 0) is 11.2 Å². The minimum Gasteiger partial charge on any atom is -0.379 e. The van der Waals surface area contributed by atoms with Crippen molar-refractivity contribution >= 4 is 29.9 Å². The van der Waals surface area contributed by atoms with E-state index in [-0.39, 0.29) is 24.0 Å². The first kappa shape index (κ1) is 25.3. The number of halogens is 1. The Morgan fingerprint density at radius 3 is 2.67 bits per heavy atom. The van der Waals surface area contributed by atoms with Crippen molar-refractivity contribution in [3.05, 3.63) is 29.6 Å². The number of hydrogen-bond donors (Lipinski definition) is 2. The highest BCUT2D eigenvalue weighted by atomic mass is 127. The van der Waals surface area contributed by atoms with Crippen LogP contribution >= 0.6 is 24.0 Å². The van der Waals surface area contributed by atoms with Crippen LogP contribution in [0.3, 0.4) is 0 Å². The lowest BCUT2D eigenvalue weighted by Gasteiger charge is -2.41. The molecule has 0 aromatic carbocycles. The molecule has 3 rings (SSSR count). The highest BCUT2D eigenvalue weighted by Crippen LogP contribution is 2.37. The Labute approximate surface area is 199 Å². The fourth-order valence-corrected chi connectivity index (χ4v) is 4.59. The Morgan fingerprint density at radius 2 is 1.97 bits per heavy atom. The number of ether oxygens (including phenoxy) is 1. The minimum atomic E-state index is 0. The van der Waals surface area contributed by atoms with Crippen molar-refractivity contribution in [2.75, 3.05) is 52.5 Å². The maximum Gasteiger partial charge on any atom is 0.191 e. The van der Waals surface area contributed by atoms with Crippen LogP contribution in [0.5, 0.6) is 0 Å². The van der Waals surface area contributed by atoms with E-state index in [1.54, 1.807) is 0 Å². The van der Waals surface area contributed by atoms with Crippen molar-refractivity contribution in [1.29, 1.82) is 0 Å². The molecule has 7 heteroatoms. The number of guanidine groups is 1. The molecule has 0 amide bonds. The van der Waals surface area contributed by atoms with Crippen molar-refractivity contribution in [3.63, 3.8) is 0 Å². The second kappa shape index (κ2) is 13.5. The van der Waals surface area contributed by atoms with Crippen molar-refractivity contribution in [3.8, 4) is 0 Å². The van der Waals surface area contributed by atoms with E-state index < -0.39 is 0 Å². The zero-order valence-electron chi connectivity index (χ0n) is 18.8. The molecule has 2 heterocycles. The van der Waals surface area contributed by atoms with Gasteiger partial charge in [-0.25, -0.2) is 0 Å². The van der Waals surface area contributed by atoms with Gasteiger partial charge in [-0.05, 0) is 50.3 Å². The zero-order chi connectivity index (χ0) is 20.4. The standard InChI is InChI=1S/C23H39N5O.HI/c1-3-25-22(26-12-8-21-7-11-24-17-20(21)2)27-18-23(9-5-4-6-10-23)19-28-13-15-29-16-14-28;/h7,11,17H,3-6,8-10,12-16,18-19H2,1-2H3,(H2,25,26,27);1H. The molecule has 0 bridgehead atoms. The molecule has 30 heavy (non-hydrogen) atoms. The van der Waals surface area contributed by atoms with Crippen LogP contribution < -0.4 is 10.6 Å². The first-order valence-electron chi connectivity index (χ1n) is 11.4. The maximum atomic E-state index is 5.55. The molecule has 0 radical (unpaired) electrons. The van der Waals surface area contributed by atoms with E-state index >= 15 is 0 Å². The molecular formula is C23H40IN5O. The summed E-state index contributed by atoms with van der Waals surface area (Å²) < 4.78 is 5.55. The van der Waals surface area contributed by atoms with Crippen molar-refractivity contribution in [2.45, 2.75) is 52.4 Å². The van der Waals surface area contributed by atoms with Gasteiger partial charge in [-0.15, -0.1) is 24.0 Å². The van der Waals surface area contributed by atoms with Gasteiger partial charge in [-0.1, -0.05) is 19.3 Å². The van der Waals surface area contributed by atoms with Crippen LogP contribution in [0.25, 0.3) is 0 Å². The zero-order valence-corrected chi connectivity index (χ0v) is 21.1. The summed E-state index contributed by atoms with van der Waals surface area (Å²) in [5, 5.41) is 6.98. The van der Waals surface area contributed by atoms with E-state index in [0.717, 1.165) is 64.9 Å². The molecule has 2 N–H and O–H groups in total. The van der Waals surface area contributed by atoms with Crippen LogP contribution in [0.15, 0.2) is 23.5 Å². The number of morpholine rings is 1. The lowest BCUT2D eigenvalue weighted by molar-refractivity contribution is 0.00937. The summed E-state index contributed by atoms with van der Waals surface area (Å²) in [6.07, 6.45) is 11.4. The van der Waals surface area contributed by atoms with Crippen LogP contribution in [0.1, 0.15) is 50.2 Å². The fourth-order valence-electron chi connectivity index (χ4n) is 4.59. The van der Waals surface area contributed by atoms with Crippen LogP contribution in [0.2, 0.25) is 0 Å². The minimum absolute atomic E-state index is 0. The van der Waals surface area contributed by atoms with Crippen molar-refractivity contribution in [2.24, 2.45) is 10.4 Å². The van der Waals surface area contributed by atoms with E-state index in [1.165, 1.54) is 43.2 Å². The van der Waals surface area contributed by atoms with Gasteiger partial charge in [0, 0.05) is 57.1 Å². The Kier molecular flexibility index (Phi) is 11.4. The van der Waals surface area contributed by atoms with Crippen molar-refractivity contribution < 1.29 is 4.74 Å². The first-order valence-corrected chi connectivity index (χ1v) is 11.4. The monoisotopic (exact) mass is 529 g/mol. The third-order valence-electron chi connectivity index (χ3n) is 6.32. The Morgan fingerprint density at radius 1 is 1.20 bits per heavy atom. The highest BCUT2D eigenvalue weighted by Gasteiger charge is 2.34. The normalized spacial score (nSPS) is 19.7. The summed E-state index contributed by atoms with van der Waals surface area (Å²) >= 11 is 0. The van der Waals surface area contributed by atoms with Gasteiger partial charge in [0.1, 0.15) is 0 Å². The highest BCUT2D eigenvalue weighted by molar-refractivity contribution is 14.0. The average molecular weight is 530 g/mol. The van der Waals surface area contributed by atoms with Crippen LogP contribution in [-0.4, -0.2) is 68.3 Å². The van der Waals surface area contributed by atoms with Gasteiger partial charge >= 0.3 is 0 Å². The van der Waals surface area contributed by atoms with Gasteiger partial charge in [-0.2, -0.15) is 0 Å². The molecule has 1 saturated carbocycles. The molecule has 0 unspecified atom stereocenters. The van der Waals surface area contributed by atoms with Crippen molar-refractivity contribution in [1.82, 2.24) is 20.5 Å². The molecule has 0 spiro atoms. The van der Waals surface area contributed by atoms with E-state index in [0.29, 0.717) is 5.41 Å². The fraction of sp³-hybridized carbons (Fsp3) is 0.739. The second-order valence-corrected chi connectivity index (χ2v) is 8.62. The second-order valence-electron chi connectivity index (χ2n) is 8.62. The van der Waals surface area contributed by atoms with Gasteiger partial charge in [0.05, 0.1) is 13.2 Å². The van der Waals surface area contributed by atoms with Gasteiger partial charge in [0.15, 0.2) is 5.96 Å². The summed E-state index contributed by atoms with van der Waals surface area (Å²) in [5.41, 5.74) is 2.92. The molecule has 1 aromatic rings. The van der Waals surface area contributed by atoms with Gasteiger partial charge in [0.2, 0.25) is 0 Å². The van der Waals surface area contributed by atoms with Gasteiger partial charge < -0.3 is 15.4 Å². The van der Waals surface area contributed by atoms with Gasteiger partial charge in [0.25, 0.3) is 0 Å². The topological polar surface area (TPSA) is 61.8 Å². The summed E-state index contributed by atoms with van der Waals surface area (Å²) in [6.45, 7) is 12.0. The molecule has 1 saturated heterocycles. The summed E-state index contributed by atoms with van der Waals surface area (Å²) in [7, 11) is 0. The van der Waals surface area contributed by atoms with E-state index in [2.05, 4.69) is 40.4 Å². The quantitative estimate of drug-likeness (QED) is 0.307. The number of aliphatic imine (C=N–C) groups is 1. The summed E-state index contributed by atoms with van der Waals surface area (Å²) in [4.78, 5) is 11.8. The number of rotatable bonds is 8.